The summed E-state index contributed by atoms with van der Waals surface area (Å²) in [5.74, 6) is 2.25. The average molecular weight is 349 g/mol. The molecule has 136 valence electrons. The van der Waals surface area contributed by atoms with Crippen LogP contribution in [-0.4, -0.2) is 33.4 Å². The largest absolute Gasteiger partial charge is 0.340 e. The molecule has 2 aromatic rings. The second-order valence-electron chi connectivity index (χ2n) is 8.40. The molecule has 0 spiro atoms. The van der Waals surface area contributed by atoms with Crippen molar-refractivity contribution in [2.24, 2.45) is 0 Å². The van der Waals surface area contributed by atoms with Crippen molar-refractivity contribution in [1.29, 1.82) is 0 Å². The molecule has 1 unspecified atom stereocenters. The molecule has 2 heterocycles. The number of rotatable bonds is 4. The number of imidazole rings is 1. The Morgan fingerprint density at radius 3 is 2.62 bits per heavy atom. The molecule has 0 N–H and O–H groups in total. The number of hydrogen-bond donors (Lipinski definition) is 0. The molecule has 3 fully saturated rings. The van der Waals surface area contributed by atoms with E-state index in [0.717, 1.165) is 38.8 Å². The summed E-state index contributed by atoms with van der Waals surface area (Å²) in [6.07, 6.45) is 8.78. The van der Waals surface area contributed by atoms with E-state index in [9.17, 15) is 4.79 Å². The van der Waals surface area contributed by atoms with Crippen molar-refractivity contribution in [2.45, 2.75) is 62.8 Å². The lowest BCUT2D eigenvalue weighted by Gasteiger charge is -2.37. The lowest BCUT2D eigenvalue weighted by Crippen LogP contribution is -2.45. The first-order chi connectivity index (χ1) is 12.7. The molecule has 2 aliphatic carbocycles. The van der Waals surface area contributed by atoms with Gasteiger partial charge in [0.15, 0.2) is 0 Å². The van der Waals surface area contributed by atoms with E-state index in [1.54, 1.807) is 0 Å². The van der Waals surface area contributed by atoms with Crippen LogP contribution >= 0.6 is 0 Å². The Bertz CT molecular complexity index is 817. The van der Waals surface area contributed by atoms with Gasteiger partial charge in [0.05, 0.1) is 11.5 Å². The van der Waals surface area contributed by atoms with Crippen molar-refractivity contribution >= 4 is 5.91 Å². The molecule has 1 aromatic heterocycles. The minimum absolute atomic E-state index is 0.244. The number of benzene rings is 1. The van der Waals surface area contributed by atoms with Gasteiger partial charge in [0.25, 0.3) is 0 Å². The third-order valence-corrected chi connectivity index (χ3v) is 6.49. The van der Waals surface area contributed by atoms with Crippen molar-refractivity contribution < 1.29 is 4.79 Å². The van der Waals surface area contributed by atoms with E-state index >= 15 is 0 Å². The molecule has 1 aliphatic heterocycles. The van der Waals surface area contributed by atoms with Crippen molar-refractivity contribution in [3.63, 3.8) is 0 Å². The summed E-state index contributed by atoms with van der Waals surface area (Å²) in [7, 11) is 0. The van der Waals surface area contributed by atoms with Gasteiger partial charge in [-0.2, -0.15) is 0 Å². The molecule has 0 bridgehead atoms. The summed E-state index contributed by atoms with van der Waals surface area (Å²) in [5.41, 5.74) is 2.20. The Kier molecular flexibility index (Phi) is 3.70. The van der Waals surface area contributed by atoms with Crippen LogP contribution in [-0.2, 0) is 10.2 Å². The van der Waals surface area contributed by atoms with Gasteiger partial charge in [0.2, 0.25) is 5.91 Å². The number of aromatic nitrogens is 2. The molecule has 26 heavy (non-hydrogen) atoms. The van der Waals surface area contributed by atoms with E-state index in [4.69, 9.17) is 4.98 Å². The van der Waals surface area contributed by atoms with Crippen LogP contribution in [0.2, 0.25) is 0 Å². The maximum absolute atomic E-state index is 13.4. The number of piperidine rings is 1. The van der Waals surface area contributed by atoms with Gasteiger partial charge in [0.1, 0.15) is 5.82 Å². The third-order valence-electron chi connectivity index (χ3n) is 6.49. The molecular weight excluding hydrogens is 322 g/mol. The minimum atomic E-state index is -0.244. The van der Waals surface area contributed by atoms with Crippen molar-refractivity contribution in [1.82, 2.24) is 14.5 Å². The fourth-order valence-corrected chi connectivity index (χ4v) is 4.74. The lowest BCUT2D eigenvalue weighted by molar-refractivity contribution is -0.135. The molecule has 1 atom stereocenters. The number of aryl methyl sites for hydroxylation is 1. The van der Waals surface area contributed by atoms with Crippen LogP contribution in [0.25, 0.3) is 0 Å². The van der Waals surface area contributed by atoms with Gasteiger partial charge in [-0.1, -0.05) is 30.3 Å². The summed E-state index contributed by atoms with van der Waals surface area (Å²) < 4.78 is 2.44. The Labute approximate surface area is 155 Å². The molecule has 1 aromatic carbocycles. The summed E-state index contributed by atoms with van der Waals surface area (Å²) >= 11 is 0. The maximum Gasteiger partial charge on any atom is 0.233 e. The first-order valence-corrected chi connectivity index (χ1v) is 10.1. The average Bonchev–Trinajstić information content (AvgIpc) is 3.60. The summed E-state index contributed by atoms with van der Waals surface area (Å²) in [5, 5.41) is 0. The zero-order valence-electron chi connectivity index (χ0n) is 15.5. The van der Waals surface area contributed by atoms with Crippen LogP contribution in [0.1, 0.15) is 67.6 Å². The number of nitrogens with zero attached hydrogens (tertiary/aromatic N) is 3. The second-order valence-corrected chi connectivity index (χ2v) is 8.40. The van der Waals surface area contributed by atoms with Gasteiger partial charge in [-0.25, -0.2) is 4.98 Å². The first kappa shape index (κ1) is 16.1. The van der Waals surface area contributed by atoms with Crippen LogP contribution in [0, 0.1) is 6.92 Å². The summed E-state index contributed by atoms with van der Waals surface area (Å²) in [4.78, 5) is 20.2. The van der Waals surface area contributed by atoms with E-state index < -0.39 is 0 Å². The number of hydrogen-bond acceptors (Lipinski definition) is 2. The molecule has 0 radical (unpaired) electrons. The summed E-state index contributed by atoms with van der Waals surface area (Å²) in [6, 6.07) is 10.8. The Hall–Kier alpha value is -2.10. The van der Waals surface area contributed by atoms with Gasteiger partial charge in [-0.05, 0) is 51.0 Å². The highest BCUT2D eigenvalue weighted by Gasteiger charge is 2.53. The van der Waals surface area contributed by atoms with E-state index in [1.165, 1.54) is 29.9 Å². The Morgan fingerprint density at radius 1 is 1.15 bits per heavy atom. The van der Waals surface area contributed by atoms with Crippen LogP contribution in [0.15, 0.2) is 36.5 Å². The smallest absolute Gasteiger partial charge is 0.233 e. The normalized spacial score (nSPS) is 24.5. The third kappa shape index (κ3) is 2.58. The molecule has 3 aliphatic rings. The molecule has 1 saturated heterocycles. The van der Waals surface area contributed by atoms with Gasteiger partial charge < -0.3 is 9.47 Å². The summed E-state index contributed by atoms with van der Waals surface area (Å²) in [6.45, 7) is 3.90. The van der Waals surface area contributed by atoms with Crippen LogP contribution < -0.4 is 0 Å². The van der Waals surface area contributed by atoms with Crippen LogP contribution in [0.4, 0.5) is 0 Å². The fraction of sp³-hybridized carbons (Fsp3) is 0.545. The second kappa shape index (κ2) is 5.97. The fourth-order valence-electron chi connectivity index (χ4n) is 4.74. The van der Waals surface area contributed by atoms with Gasteiger partial charge in [-0.3, -0.25) is 4.79 Å². The predicted molar refractivity (Wildman–Crippen MR) is 101 cm³/mol. The van der Waals surface area contributed by atoms with E-state index in [0.29, 0.717) is 17.9 Å². The van der Waals surface area contributed by atoms with Crippen molar-refractivity contribution in [3.8, 4) is 0 Å². The molecule has 5 rings (SSSR count). The maximum atomic E-state index is 13.4. The highest BCUT2D eigenvalue weighted by atomic mass is 16.2. The zero-order chi connectivity index (χ0) is 17.7. The van der Waals surface area contributed by atoms with E-state index in [2.05, 4.69) is 40.7 Å². The number of carbonyl (C=O) groups is 1. The quantitative estimate of drug-likeness (QED) is 0.838. The highest BCUT2D eigenvalue weighted by molar-refractivity contribution is 5.91. The van der Waals surface area contributed by atoms with Crippen LogP contribution in [0.5, 0.6) is 0 Å². The van der Waals surface area contributed by atoms with Gasteiger partial charge in [-0.15, -0.1) is 0 Å². The van der Waals surface area contributed by atoms with E-state index in [-0.39, 0.29) is 5.41 Å². The minimum Gasteiger partial charge on any atom is -0.340 e. The molecule has 4 heteroatoms. The molecule has 4 nitrogen and oxygen atoms in total. The standard InChI is InChI=1S/C22H27N3O/c1-16-14-23-20(17-9-10-17)25(16)19-8-5-13-24(15-19)21(26)22(11-12-22)18-6-3-2-4-7-18/h2-4,6-7,14,17,19H,5,8-13,15H2,1H3. The molecule has 2 saturated carbocycles. The zero-order valence-corrected chi connectivity index (χ0v) is 15.5. The highest BCUT2D eigenvalue weighted by Crippen LogP contribution is 2.50. The lowest BCUT2D eigenvalue weighted by atomic mass is 9.93. The molecule has 1 amide bonds. The molecular formula is C22H27N3O. The Morgan fingerprint density at radius 2 is 1.92 bits per heavy atom. The number of amides is 1. The van der Waals surface area contributed by atoms with E-state index in [1.807, 2.05) is 12.3 Å². The number of carbonyl (C=O) groups excluding carboxylic acids is 1. The monoisotopic (exact) mass is 349 g/mol. The topological polar surface area (TPSA) is 38.1 Å². The predicted octanol–water partition coefficient (Wildman–Crippen LogP) is 3.96. The van der Waals surface area contributed by atoms with Gasteiger partial charge >= 0.3 is 0 Å². The first-order valence-electron chi connectivity index (χ1n) is 10.1. The SMILES string of the molecule is Cc1cnc(C2CC2)n1C1CCCN(C(=O)C2(c3ccccc3)CC2)C1. The van der Waals surface area contributed by atoms with Crippen LogP contribution in [0.3, 0.4) is 0 Å². The Balaban J connectivity index is 1.38. The van der Waals surface area contributed by atoms with Crippen molar-refractivity contribution in [3.05, 3.63) is 53.6 Å². The van der Waals surface area contributed by atoms with Gasteiger partial charge in [0, 0.05) is 30.9 Å². The number of likely N-dealkylation sites (tertiary alicyclic amines) is 1. The van der Waals surface area contributed by atoms with Crippen molar-refractivity contribution in [2.75, 3.05) is 13.1 Å².